The molecule has 1 saturated heterocycles. The van der Waals surface area contributed by atoms with Crippen LogP contribution in [0.1, 0.15) is 15.4 Å². The smallest absolute Gasteiger partial charge is 0.255 e. The molecule has 0 N–H and O–H groups in total. The van der Waals surface area contributed by atoms with E-state index >= 15 is 0 Å². The molecular formula is C22H21BrClN3O2S. The zero-order chi connectivity index (χ0) is 21.1. The van der Waals surface area contributed by atoms with Crippen LogP contribution in [0.25, 0.3) is 11.3 Å². The maximum atomic E-state index is 12.8. The molecule has 1 aliphatic rings. The number of piperazine rings is 1. The van der Waals surface area contributed by atoms with Crippen LogP contribution in [0.5, 0.6) is 5.75 Å². The summed E-state index contributed by atoms with van der Waals surface area (Å²) in [6.07, 6.45) is 0. The third kappa shape index (κ3) is 4.86. The van der Waals surface area contributed by atoms with Crippen molar-refractivity contribution in [1.82, 2.24) is 14.8 Å². The van der Waals surface area contributed by atoms with Crippen LogP contribution < -0.4 is 4.74 Å². The molecule has 3 aromatic rings. The fourth-order valence-corrected chi connectivity index (χ4v) is 4.81. The highest BCUT2D eigenvalue weighted by Gasteiger charge is 2.24. The van der Waals surface area contributed by atoms with Crippen LogP contribution >= 0.6 is 38.9 Å². The quantitative estimate of drug-likeness (QED) is 0.478. The third-order valence-corrected chi connectivity index (χ3v) is 6.77. The van der Waals surface area contributed by atoms with Crippen LogP contribution in [-0.2, 0) is 6.54 Å². The Bertz CT molecular complexity index is 1030. The Labute approximate surface area is 193 Å². The largest absolute Gasteiger partial charge is 0.497 e. The van der Waals surface area contributed by atoms with E-state index in [1.165, 1.54) is 0 Å². The Hall–Kier alpha value is -1.93. The van der Waals surface area contributed by atoms with Gasteiger partial charge in [0.15, 0.2) is 0 Å². The lowest BCUT2D eigenvalue weighted by molar-refractivity contribution is 0.0628. The molecule has 0 spiro atoms. The number of hydrogen-bond donors (Lipinski definition) is 0. The third-order valence-electron chi connectivity index (χ3n) is 5.11. The summed E-state index contributed by atoms with van der Waals surface area (Å²) in [5.41, 5.74) is 2.61. The van der Waals surface area contributed by atoms with Gasteiger partial charge < -0.3 is 9.64 Å². The zero-order valence-electron chi connectivity index (χ0n) is 16.5. The first kappa shape index (κ1) is 21.3. The van der Waals surface area contributed by atoms with Crippen molar-refractivity contribution in [2.24, 2.45) is 0 Å². The molecule has 2 heterocycles. The van der Waals surface area contributed by atoms with Crippen molar-refractivity contribution < 1.29 is 9.53 Å². The molecule has 1 aromatic heterocycles. The van der Waals surface area contributed by atoms with E-state index in [0.717, 1.165) is 46.1 Å². The summed E-state index contributed by atoms with van der Waals surface area (Å²) in [5, 5.41) is 3.65. The van der Waals surface area contributed by atoms with E-state index in [0.29, 0.717) is 23.7 Å². The van der Waals surface area contributed by atoms with E-state index in [4.69, 9.17) is 21.3 Å². The molecule has 0 unspecified atom stereocenters. The van der Waals surface area contributed by atoms with Gasteiger partial charge in [0.05, 0.1) is 29.9 Å². The number of ether oxygens (including phenoxy) is 1. The zero-order valence-corrected chi connectivity index (χ0v) is 19.6. The first-order chi connectivity index (χ1) is 14.5. The number of thiazole rings is 1. The number of carbonyl (C=O) groups is 1. The molecule has 8 heteroatoms. The Balaban J connectivity index is 1.34. The second-order valence-electron chi connectivity index (χ2n) is 7.05. The van der Waals surface area contributed by atoms with Gasteiger partial charge in [0.2, 0.25) is 0 Å². The minimum Gasteiger partial charge on any atom is -0.497 e. The number of amides is 1. The molecule has 0 aliphatic carbocycles. The van der Waals surface area contributed by atoms with Crippen molar-refractivity contribution in [3.63, 3.8) is 0 Å². The monoisotopic (exact) mass is 505 g/mol. The highest BCUT2D eigenvalue weighted by atomic mass is 79.9. The summed E-state index contributed by atoms with van der Waals surface area (Å²) in [4.78, 5) is 21.8. The van der Waals surface area contributed by atoms with Crippen molar-refractivity contribution >= 4 is 44.8 Å². The molecule has 0 bridgehead atoms. The van der Waals surface area contributed by atoms with E-state index in [1.54, 1.807) is 30.6 Å². The van der Waals surface area contributed by atoms with Gasteiger partial charge in [-0.25, -0.2) is 4.98 Å². The van der Waals surface area contributed by atoms with Crippen LogP contribution in [0.15, 0.2) is 52.3 Å². The van der Waals surface area contributed by atoms with Gasteiger partial charge in [-0.1, -0.05) is 27.5 Å². The average molecular weight is 507 g/mol. The Kier molecular flexibility index (Phi) is 6.73. The van der Waals surface area contributed by atoms with Crippen LogP contribution in [0, 0.1) is 0 Å². The van der Waals surface area contributed by atoms with E-state index in [2.05, 4.69) is 26.2 Å². The summed E-state index contributed by atoms with van der Waals surface area (Å²) >= 11 is 11.3. The lowest BCUT2D eigenvalue weighted by atomic mass is 10.1. The molecule has 1 fully saturated rings. The van der Waals surface area contributed by atoms with Gasteiger partial charge in [-0.2, -0.15) is 0 Å². The second-order valence-corrected chi connectivity index (χ2v) is 9.31. The maximum absolute atomic E-state index is 12.8. The summed E-state index contributed by atoms with van der Waals surface area (Å²) in [7, 11) is 1.66. The molecule has 1 amide bonds. The first-order valence-corrected chi connectivity index (χ1v) is 11.6. The number of benzene rings is 2. The minimum absolute atomic E-state index is 0.0167. The lowest BCUT2D eigenvalue weighted by Gasteiger charge is -2.34. The van der Waals surface area contributed by atoms with Crippen molar-refractivity contribution in [3.8, 4) is 17.0 Å². The number of rotatable bonds is 5. The number of halogens is 2. The van der Waals surface area contributed by atoms with Crippen molar-refractivity contribution in [3.05, 3.63) is 67.9 Å². The normalized spacial score (nSPS) is 14.7. The first-order valence-electron chi connectivity index (χ1n) is 9.59. The fraction of sp³-hybridized carbons (Fsp3) is 0.273. The summed E-state index contributed by atoms with van der Waals surface area (Å²) in [5.74, 6) is 0.822. The van der Waals surface area contributed by atoms with Gasteiger partial charge in [0.1, 0.15) is 10.8 Å². The van der Waals surface area contributed by atoms with Crippen LogP contribution in [-0.4, -0.2) is 54.0 Å². The number of carbonyl (C=O) groups excluding carboxylic acids is 1. The highest BCUT2D eigenvalue weighted by Crippen LogP contribution is 2.26. The predicted octanol–water partition coefficient (Wildman–Crippen LogP) is 5.19. The van der Waals surface area contributed by atoms with Crippen LogP contribution in [0.3, 0.4) is 0 Å². The molecule has 1 aliphatic heterocycles. The summed E-state index contributed by atoms with van der Waals surface area (Å²) < 4.78 is 6.07. The van der Waals surface area contributed by atoms with Gasteiger partial charge in [-0.3, -0.25) is 9.69 Å². The van der Waals surface area contributed by atoms with Crippen molar-refractivity contribution in [1.29, 1.82) is 0 Å². The van der Waals surface area contributed by atoms with E-state index in [-0.39, 0.29) is 5.91 Å². The molecule has 5 nitrogen and oxygen atoms in total. The molecule has 30 heavy (non-hydrogen) atoms. The SMILES string of the molecule is COc1ccc(-c2csc(CN3CCN(C(=O)c4cc(Br)ccc4Cl)CC3)n2)cc1. The van der Waals surface area contributed by atoms with E-state index < -0.39 is 0 Å². The highest BCUT2D eigenvalue weighted by molar-refractivity contribution is 9.10. The standard InChI is InChI=1S/C22H21BrClN3O2S/c1-29-17-5-2-15(3-6-17)20-14-30-21(25-20)13-26-8-10-27(11-9-26)22(28)18-12-16(23)4-7-19(18)24/h2-7,12,14H,8-11,13H2,1H3. The number of aromatic nitrogens is 1. The lowest BCUT2D eigenvalue weighted by Crippen LogP contribution is -2.48. The molecule has 2 aromatic carbocycles. The Morgan fingerprint density at radius 1 is 1.17 bits per heavy atom. The Morgan fingerprint density at radius 2 is 1.90 bits per heavy atom. The van der Waals surface area contributed by atoms with Crippen LogP contribution in [0.4, 0.5) is 0 Å². The van der Waals surface area contributed by atoms with Crippen molar-refractivity contribution in [2.45, 2.75) is 6.54 Å². The number of nitrogens with zero attached hydrogens (tertiary/aromatic N) is 3. The summed E-state index contributed by atoms with van der Waals surface area (Å²) in [6, 6.07) is 13.3. The van der Waals surface area contributed by atoms with Crippen LogP contribution in [0.2, 0.25) is 5.02 Å². The Morgan fingerprint density at radius 3 is 2.60 bits per heavy atom. The maximum Gasteiger partial charge on any atom is 0.255 e. The predicted molar refractivity (Wildman–Crippen MR) is 124 cm³/mol. The van der Waals surface area contributed by atoms with Gasteiger partial charge in [-0.15, -0.1) is 11.3 Å². The summed E-state index contributed by atoms with van der Waals surface area (Å²) in [6.45, 7) is 3.78. The molecule has 0 saturated carbocycles. The van der Waals surface area contributed by atoms with Gasteiger partial charge in [0, 0.05) is 41.6 Å². The molecular weight excluding hydrogens is 486 g/mol. The number of methoxy groups -OCH3 is 1. The number of hydrogen-bond acceptors (Lipinski definition) is 5. The molecule has 0 radical (unpaired) electrons. The van der Waals surface area contributed by atoms with Gasteiger partial charge in [-0.05, 0) is 42.5 Å². The van der Waals surface area contributed by atoms with Gasteiger partial charge >= 0.3 is 0 Å². The van der Waals surface area contributed by atoms with E-state index in [9.17, 15) is 4.79 Å². The van der Waals surface area contributed by atoms with Gasteiger partial charge in [0.25, 0.3) is 5.91 Å². The fourth-order valence-electron chi connectivity index (χ4n) is 3.41. The average Bonchev–Trinajstić information content (AvgIpc) is 3.24. The topological polar surface area (TPSA) is 45.7 Å². The molecule has 156 valence electrons. The minimum atomic E-state index is -0.0167. The molecule has 4 rings (SSSR count). The van der Waals surface area contributed by atoms with Crippen molar-refractivity contribution in [2.75, 3.05) is 33.3 Å². The molecule has 0 atom stereocenters. The van der Waals surface area contributed by atoms with E-state index in [1.807, 2.05) is 35.2 Å². The second kappa shape index (κ2) is 9.47.